The van der Waals surface area contributed by atoms with Gasteiger partial charge in [0.05, 0.1) is 12.3 Å². The van der Waals surface area contributed by atoms with Crippen molar-refractivity contribution in [2.45, 2.75) is 24.8 Å². The second-order valence-corrected chi connectivity index (χ2v) is 6.67. The first-order valence-corrected chi connectivity index (χ1v) is 8.20. The number of aliphatic hydroxyl groups excluding tert-OH is 1. The van der Waals surface area contributed by atoms with E-state index in [-0.39, 0.29) is 0 Å². The second-order valence-electron chi connectivity index (χ2n) is 6.67. The van der Waals surface area contributed by atoms with E-state index < -0.39 is 0 Å². The van der Waals surface area contributed by atoms with E-state index in [1.165, 1.54) is 17.7 Å². The maximum Gasteiger partial charge on any atom is 0.0926 e. The molecule has 0 aliphatic carbocycles. The minimum Gasteiger partial charge on any atom is -0.395 e. The summed E-state index contributed by atoms with van der Waals surface area (Å²) in [6.45, 7) is 2.49. The first kappa shape index (κ1) is 14.0. The molecule has 0 amide bonds. The zero-order chi connectivity index (χ0) is 15.1. The lowest BCUT2D eigenvalue weighted by molar-refractivity contribution is 0.00105. The minimum absolute atomic E-state index is 0.296. The molecule has 22 heavy (non-hydrogen) atoms. The highest BCUT2D eigenvalue weighted by Gasteiger charge is 2.41. The number of aliphatic hydroxyl groups is 1. The van der Waals surface area contributed by atoms with Crippen LogP contribution in [0.1, 0.15) is 24.5 Å². The number of piperidine rings is 3. The fourth-order valence-corrected chi connectivity index (χ4v) is 4.24. The van der Waals surface area contributed by atoms with Crippen molar-refractivity contribution in [2.24, 2.45) is 13.0 Å². The van der Waals surface area contributed by atoms with E-state index in [1.807, 2.05) is 6.07 Å². The number of hydrogen-bond donors (Lipinski definition) is 1. The third kappa shape index (κ3) is 2.27. The molecular weight excluding hydrogens is 274 g/mol. The zero-order valence-electron chi connectivity index (χ0n) is 13.0. The number of benzene rings is 1. The predicted molar refractivity (Wildman–Crippen MR) is 86.6 cm³/mol. The standard InChI is InChI=1S/C18H23N3O/c1-20-18(10-17(19-20)13-5-3-2-4-6-13)16-11-21-8-7-14(16)9-15(21)12-22/h2-6,10,14-16,22H,7-9,11-12H2,1H3/t14-,15+,16-/m0/s1. The third-order valence-corrected chi connectivity index (χ3v) is 5.45. The predicted octanol–water partition coefficient (Wildman–Crippen LogP) is 2.26. The lowest BCUT2D eigenvalue weighted by Gasteiger charge is -2.49. The van der Waals surface area contributed by atoms with Crippen molar-refractivity contribution in [1.29, 1.82) is 0 Å². The van der Waals surface area contributed by atoms with E-state index in [4.69, 9.17) is 5.10 Å². The molecule has 5 rings (SSSR count). The van der Waals surface area contributed by atoms with Gasteiger partial charge < -0.3 is 5.11 Å². The van der Waals surface area contributed by atoms with E-state index in [2.05, 4.69) is 47.0 Å². The molecule has 2 aromatic rings. The average molecular weight is 297 g/mol. The Labute approximate surface area is 131 Å². The molecular formula is C18H23N3O. The van der Waals surface area contributed by atoms with Gasteiger partial charge in [0.2, 0.25) is 0 Å². The highest BCUT2D eigenvalue weighted by atomic mass is 16.3. The van der Waals surface area contributed by atoms with Crippen LogP contribution in [0.4, 0.5) is 0 Å². The van der Waals surface area contributed by atoms with Gasteiger partial charge in [0.1, 0.15) is 0 Å². The van der Waals surface area contributed by atoms with E-state index in [0.29, 0.717) is 24.5 Å². The Morgan fingerprint density at radius 2 is 2.09 bits per heavy atom. The molecule has 2 bridgehead atoms. The molecule has 1 unspecified atom stereocenters. The molecule has 4 nitrogen and oxygen atoms in total. The van der Waals surface area contributed by atoms with Gasteiger partial charge in [-0.25, -0.2) is 0 Å². The molecule has 1 N–H and O–H groups in total. The van der Waals surface area contributed by atoms with Crippen LogP contribution in [0.5, 0.6) is 0 Å². The van der Waals surface area contributed by atoms with Gasteiger partial charge in [-0.2, -0.15) is 5.10 Å². The maximum absolute atomic E-state index is 9.52. The molecule has 116 valence electrons. The van der Waals surface area contributed by atoms with Crippen molar-refractivity contribution in [3.05, 3.63) is 42.1 Å². The van der Waals surface area contributed by atoms with Crippen LogP contribution in [0.15, 0.2) is 36.4 Å². The van der Waals surface area contributed by atoms with Gasteiger partial charge in [-0.3, -0.25) is 9.58 Å². The number of nitrogens with zero attached hydrogens (tertiary/aromatic N) is 3. The number of fused-ring (bicyclic) bond motifs is 3. The lowest BCUT2D eigenvalue weighted by Crippen LogP contribution is -2.53. The molecule has 3 fully saturated rings. The molecule has 1 aromatic heterocycles. The molecule has 0 saturated carbocycles. The smallest absolute Gasteiger partial charge is 0.0926 e. The van der Waals surface area contributed by atoms with E-state index in [1.54, 1.807) is 0 Å². The summed E-state index contributed by atoms with van der Waals surface area (Å²) in [7, 11) is 2.06. The number of rotatable bonds is 3. The van der Waals surface area contributed by atoms with Crippen LogP contribution in [0.25, 0.3) is 11.3 Å². The molecule has 4 heteroatoms. The van der Waals surface area contributed by atoms with Gasteiger partial charge in [0.25, 0.3) is 0 Å². The number of aryl methyl sites for hydroxylation is 1. The van der Waals surface area contributed by atoms with Gasteiger partial charge in [-0.1, -0.05) is 30.3 Å². The molecule has 3 aliphatic heterocycles. The maximum atomic E-state index is 9.52. The fourth-order valence-electron chi connectivity index (χ4n) is 4.24. The van der Waals surface area contributed by atoms with Gasteiger partial charge in [-0.05, 0) is 31.4 Å². The molecule has 1 aromatic carbocycles. The highest BCUT2D eigenvalue weighted by molar-refractivity contribution is 5.59. The summed E-state index contributed by atoms with van der Waals surface area (Å²) in [5.74, 6) is 1.23. The minimum atomic E-state index is 0.296. The first-order chi connectivity index (χ1) is 10.8. The highest BCUT2D eigenvalue weighted by Crippen LogP contribution is 2.42. The van der Waals surface area contributed by atoms with Crippen LogP contribution in [-0.2, 0) is 7.05 Å². The lowest BCUT2D eigenvalue weighted by atomic mass is 9.74. The Kier molecular flexibility index (Phi) is 3.51. The Morgan fingerprint density at radius 1 is 1.27 bits per heavy atom. The Morgan fingerprint density at radius 3 is 2.77 bits per heavy atom. The Bertz CT molecular complexity index is 652. The van der Waals surface area contributed by atoms with Crippen molar-refractivity contribution in [1.82, 2.24) is 14.7 Å². The third-order valence-electron chi connectivity index (χ3n) is 5.45. The summed E-state index contributed by atoms with van der Waals surface area (Å²) < 4.78 is 2.06. The quantitative estimate of drug-likeness (QED) is 0.945. The SMILES string of the molecule is Cn1nc(-c2ccccc2)cc1[C@H]1CN2CC[C@H]1C[C@@H]2CO. The van der Waals surface area contributed by atoms with Crippen LogP contribution >= 0.6 is 0 Å². The van der Waals surface area contributed by atoms with Crippen molar-refractivity contribution in [3.63, 3.8) is 0 Å². The molecule has 0 spiro atoms. The monoisotopic (exact) mass is 297 g/mol. The normalized spacial score (nSPS) is 30.6. The summed E-state index contributed by atoms with van der Waals surface area (Å²) in [6.07, 6.45) is 2.36. The van der Waals surface area contributed by atoms with E-state index in [9.17, 15) is 5.11 Å². The molecule has 4 atom stereocenters. The Balaban J connectivity index is 1.63. The number of aromatic nitrogens is 2. The van der Waals surface area contributed by atoms with E-state index >= 15 is 0 Å². The number of hydrogen-bond acceptors (Lipinski definition) is 3. The van der Waals surface area contributed by atoms with Crippen molar-refractivity contribution < 1.29 is 5.11 Å². The van der Waals surface area contributed by atoms with Gasteiger partial charge in [-0.15, -0.1) is 0 Å². The van der Waals surface area contributed by atoms with Crippen LogP contribution in [0, 0.1) is 5.92 Å². The summed E-state index contributed by atoms with van der Waals surface area (Å²) >= 11 is 0. The summed E-state index contributed by atoms with van der Waals surface area (Å²) in [6, 6.07) is 13.0. The zero-order valence-corrected chi connectivity index (χ0v) is 13.0. The summed E-state index contributed by atoms with van der Waals surface area (Å²) in [4.78, 5) is 2.46. The Hall–Kier alpha value is -1.65. The first-order valence-electron chi connectivity index (χ1n) is 8.20. The molecule has 0 radical (unpaired) electrons. The van der Waals surface area contributed by atoms with E-state index in [0.717, 1.165) is 25.2 Å². The second kappa shape index (κ2) is 5.52. The molecule has 3 saturated heterocycles. The molecule has 3 aliphatic rings. The van der Waals surface area contributed by atoms with Crippen LogP contribution < -0.4 is 0 Å². The van der Waals surface area contributed by atoms with Gasteiger partial charge in [0.15, 0.2) is 0 Å². The summed E-state index contributed by atoms with van der Waals surface area (Å²) in [5.41, 5.74) is 3.58. The van der Waals surface area contributed by atoms with Crippen LogP contribution in [-0.4, -0.2) is 45.5 Å². The summed E-state index contributed by atoms with van der Waals surface area (Å²) in [5, 5.41) is 14.2. The van der Waals surface area contributed by atoms with Crippen LogP contribution in [0.2, 0.25) is 0 Å². The van der Waals surface area contributed by atoms with Crippen molar-refractivity contribution >= 4 is 0 Å². The topological polar surface area (TPSA) is 41.3 Å². The van der Waals surface area contributed by atoms with Gasteiger partial charge >= 0.3 is 0 Å². The average Bonchev–Trinajstić information content (AvgIpc) is 2.97. The van der Waals surface area contributed by atoms with Crippen molar-refractivity contribution in [3.8, 4) is 11.3 Å². The van der Waals surface area contributed by atoms with Crippen molar-refractivity contribution in [2.75, 3.05) is 19.7 Å². The molecule has 4 heterocycles. The van der Waals surface area contributed by atoms with Gasteiger partial charge in [0, 0.05) is 36.8 Å². The fraction of sp³-hybridized carbons (Fsp3) is 0.500. The largest absolute Gasteiger partial charge is 0.395 e. The van der Waals surface area contributed by atoms with Crippen LogP contribution in [0.3, 0.4) is 0 Å².